The van der Waals surface area contributed by atoms with Crippen molar-refractivity contribution in [3.05, 3.63) is 78.4 Å². The smallest absolute Gasteiger partial charge is 0.134 e. The molecule has 1 aliphatic heterocycles. The number of aromatic nitrogens is 2. The van der Waals surface area contributed by atoms with E-state index in [1.807, 2.05) is 24.1 Å². The molecule has 0 aliphatic carbocycles. The molecule has 1 fully saturated rings. The number of hydrogen-bond acceptors (Lipinski definition) is 4. The van der Waals surface area contributed by atoms with Crippen molar-refractivity contribution in [3.8, 4) is 11.3 Å². The topological polar surface area (TPSA) is 55.0 Å². The molecular formula is C24H26N4O. The third kappa shape index (κ3) is 3.71. The van der Waals surface area contributed by atoms with Gasteiger partial charge in [0.15, 0.2) is 0 Å². The summed E-state index contributed by atoms with van der Waals surface area (Å²) in [7, 11) is 2.01. The standard InChI is InChI=1S/C24H26N4O/c1-28-16-25-15-22(28)18-9-10-23-19(12-18)13-20(29-23)14-27-21-8-5-11-26-24(21)17-6-3-2-4-7-17/h2-4,6-7,9-10,12-13,15-16,21,24,26-27H,5,8,11,14H2,1H3/t21-,24-/m0/s1. The average Bonchev–Trinajstić information content (AvgIpc) is 3.38. The lowest BCUT2D eigenvalue weighted by Gasteiger charge is -2.33. The maximum absolute atomic E-state index is 6.10. The van der Waals surface area contributed by atoms with Crippen LogP contribution in [-0.2, 0) is 13.6 Å². The van der Waals surface area contributed by atoms with Crippen LogP contribution in [0.2, 0.25) is 0 Å². The van der Waals surface area contributed by atoms with Crippen molar-refractivity contribution in [2.75, 3.05) is 6.54 Å². The predicted molar refractivity (Wildman–Crippen MR) is 115 cm³/mol. The van der Waals surface area contributed by atoms with Crippen LogP contribution in [-0.4, -0.2) is 22.1 Å². The first kappa shape index (κ1) is 18.2. The molecule has 0 radical (unpaired) electrons. The van der Waals surface area contributed by atoms with E-state index in [1.54, 1.807) is 0 Å². The van der Waals surface area contributed by atoms with Crippen molar-refractivity contribution >= 4 is 11.0 Å². The van der Waals surface area contributed by atoms with Gasteiger partial charge >= 0.3 is 0 Å². The van der Waals surface area contributed by atoms with Crippen molar-refractivity contribution in [3.63, 3.8) is 0 Å². The molecule has 5 rings (SSSR count). The minimum atomic E-state index is 0.339. The van der Waals surface area contributed by atoms with Crippen molar-refractivity contribution in [1.82, 2.24) is 20.2 Å². The van der Waals surface area contributed by atoms with Gasteiger partial charge in [0.2, 0.25) is 0 Å². The molecule has 2 aromatic heterocycles. The molecule has 4 aromatic rings. The highest BCUT2D eigenvalue weighted by Gasteiger charge is 2.25. The van der Waals surface area contributed by atoms with Crippen LogP contribution < -0.4 is 10.6 Å². The monoisotopic (exact) mass is 386 g/mol. The van der Waals surface area contributed by atoms with Gasteiger partial charge in [0.25, 0.3) is 0 Å². The number of nitrogens with one attached hydrogen (secondary N) is 2. The zero-order chi connectivity index (χ0) is 19.6. The summed E-state index contributed by atoms with van der Waals surface area (Å²) >= 11 is 0. The van der Waals surface area contributed by atoms with Gasteiger partial charge in [-0.05, 0) is 49.2 Å². The molecule has 2 N–H and O–H groups in total. The van der Waals surface area contributed by atoms with Crippen LogP contribution in [0.3, 0.4) is 0 Å². The van der Waals surface area contributed by atoms with Crippen molar-refractivity contribution in [2.45, 2.75) is 31.5 Å². The molecule has 0 spiro atoms. The van der Waals surface area contributed by atoms with Crippen LogP contribution in [0.25, 0.3) is 22.2 Å². The van der Waals surface area contributed by atoms with Gasteiger partial charge in [-0.2, -0.15) is 0 Å². The Bertz CT molecular complexity index is 1100. The fourth-order valence-electron chi connectivity index (χ4n) is 4.33. The Balaban J connectivity index is 1.33. The van der Waals surface area contributed by atoms with E-state index in [1.165, 1.54) is 12.0 Å². The normalized spacial score (nSPS) is 19.6. The maximum Gasteiger partial charge on any atom is 0.134 e. The summed E-state index contributed by atoms with van der Waals surface area (Å²) in [5, 5.41) is 8.53. The number of fused-ring (bicyclic) bond motifs is 1. The number of hydrogen-bond donors (Lipinski definition) is 2. The molecule has 2 aromatic carbocycles. The highest BCUT2D eigenvalue weighted by atomic mass is 16.3. The zero-order valence-electron chi connectivity index (χ0n) is 16.6. The number of piperidine rings is 1. The second-order valence-corrected chi connectivity index (χ2v) is 7.83. The van der Waals surface area contributed by atoms with Crippen LogP contribution in [0.15, 0.2) is 71.5 Å². The second-order valence-electron chi connectivity index (χ2n) is 7.83. The largest absolute Gasteiger partial charge is 0.460 e. The lowest BCUT2D eigenvalue weighted by molar-refractivity contribution is 0.298. The van der Waals surface area contributed by atoms with Gasteiger partial charge in [-0.25, -0.2) is 4.98 Å². The van der Waals surface area contributed by atoms with E-state index in [0.29, 0.717) is 12.1 Å². The van der Waals surface area contributed by atoms with Gasteiger partial charge in [-0.3, -0.25) is 0 Å². The minimum Gasteiger partial charge on any atom is -0.460 e. The van der Waals surface area contributed by atoms with Crippen molar-refractivity contribution in [1.29, 1.82) is 0 Å². The lowest BCUT2D eigenvalue weighted by atomic mass is 9.92. The summed E-state index contributed by atoms with van der Waals surface area (Å²) in [6.07, 6.45) is 6.07. The van der Waals surface area contributed by atoms with Gasteiger partial charge < -0.3 is 19.6 Å². The number of aryl methyl sites for hydroxylation is 1. The van der Waals surface area contributed by atoms with E-state index in [4.69, 9.17) is 4.42 Å². The Morgan fingerprint density at radius 2 is 2.07 bits per heavy atom. The molecule has 2 atom stereocenters. The number of furan rings is 1. The van der Waals surface area contributed by atoms with Gasteiger partial charge in [0.1, 0.15) is 11.3 Å². The van der Waals surface area contributed by atoms with Gasteiger partial charge in [0, 0.05) is 30.1 Å². The van der Waals surface area contributed by atoms with Crippen LogP contribution in [0.1, 0.15) is 30.2 Å². The number of nitrogens with zero attached hydrogens (tertiary/aromatic N) is 2. The van der Waals surface area contributed by atoms with Crippen LogP contribution in [0, 0.1) is 0 Å². The molecule has 148 valence electrons. The third-order valence-electron chi connectivity index (χ3n) is 5.84. The second kappa shape index (κ2) is 7.85. The van der Waals surface area contributed by atoms with E-state index in [-0.39, 0.29) is 0 Å². The molecule has 5 nitrogen and oxygen atoms in total. The fraction of sp³-hybridized carbons (Fsp3) is 0.292. The minimum absolute atomic E-state index is 0.339. The van der Waals surface area contributed by atoms with Crippen molar-refractivity contribution in [2.24, 2.45) is 7.05 Å². The molecule has 0 saturated carbocycles. The Morgan fingerprint density at radius 1 is 1.17 bits per heavy atom. The molecule has 0 unspecified atom stereocenters. The van der Waals surface area contributed by atoms with Gasteiger partial charge in [-0.15, -0.1) is 0 Å². The molecule has 0 amide bonds. The molecule has 29 heavy (non-hydrogen) atoms. The Kier molecular flexibility index (Phi) is 4.92. The summed E-state index contributed by atoms with van der Waals surface area (Å²) in [6.45, 7) is 1.80. The van der Waals surface area contributed by atoms with E-state index < -0.39 is 0 Å². The van der Waals surface area contributed by atoms with Crippen LogP contribution >= 0.6 is 0 Å². The Morgan fingerprint density at radius 3 is 2.90 bits per heavy atom. The van der Waals surface area contributed by atoms with Gasteiger partial charge in [0.05, 0.1) is 24.8 Å². The molecule has 5 heteroatoms. The van der Waals surface area contributed by atoms with E-state index in [9.17, 15) is 0 Å². The number of imidazole rings is 1. The fourth-order valence-corrected chi connectivity index (χ4v) is 4.33. The third-order valence-corrected chi connectivity index (χ3v) is 5.84. The van der Waals surface area contributed by atoms with Crippen LogP contribution in [0.5, 0.6) is 0 Å². The summed E-state index contributed by atoms with van der Waals surface area (Å²) in [6, 6.07) is 19.9. The first-order chi connectivity index (χ1) is 14.3. The van der Waals surface area contributed by atoms with Crippen molar-refractivity contribution < 1.29 is 4.42 Å². The Labute approximate surface area is 170 Å². The SMILES string of the molecule is Cn1cncc1-c1ccc2oc(CN[C@H]3CCCN[C@H]3c3ccccc3)cc2c1. The lowest BCUT2D eigenvalue weighted by Crippen LogP contribution is -2.45. The first-order valence-electron chi connectivity index (χ1n) is 10.3. The molecule has 0 bridgehead atoms. The first-order valence-corrected chi connectivity index (χ1v) is 10.3. The molecule has 1 saturated heterocycles. The predicted octanol–water partition coefficient (Wildman–Crippen LogP) is 4.42. The summed E-state index contributed by atoms with van der Waals surface area (Å²) < 4.78 is 8.13. The Hall–Kier alpha value is -2.89. The van der Waals surface area contributed by atoms with E-state index in [2.05, 4.69) is 70.2 Å². The summed E-state index contributed by atoms with van der Waals surface area (Å²) in [5.41, 5.74) is 4.52. The molecular weight excluding hydrogens is 360 g/mol. The quantitative estimate of drug-likeness (QED) is 0.533. The van der Waals surface area contributed by atoms with E-state index >= 15 is 0 Å². The van der Waals surface area contributed by atoms with Crippen LogP contribution in [0.4, 0.5) is 0 Å². The molecule has 1 aliphatic rings. The average molecular weight is 386 g/mol. The molecule has 3 heterocycles. The van der Waals surface area contributed by atoms with E-state index in [0.717, 1.165) is 47.5 Å². The number of rotatable bonds is 5. The zero-order valence-corrected chi connectivity index (χ0v) is 16.6. The highest BCUT2D eigenvalue weighted by Crippen LogP contribution is 2.27. The van der Waals surface area contributed by atoms with Gasteiger partial charge in [-0.1, -0.05) is 30.3 Å². The summed E-state index contributed by atoms with van der Waals surface area (Å²) in [5.74, 6) is 0.972. The summed E-state index contributed by atoms with van der Waals surface area (Å²) in [4.78, 5) is 4.22. The number of benzene rings is 2. The maximum atomic E-state index is 6.10. The highest BCUT2D eigenvalue weighted by molar-refractivity contribution is 5.83.